The highest BCUT2D eigenvalue weighted by Crippen LogP contribution is 2.34. The van der Waals surface area contributed by atoms with Crippen molar-refractivity contribution in [2.24, 2.45) is 0 Å². The molecular formula is C18H25NO. The van der Waals surface area contributed by atoms with E-state index in [0.717, 1.165) is 6.42 Å². The second-order valence-corrected chi connectivity index (χ2v) is 6.31. The van der Waals surface area contributed by atoms with Crippen molar-refractivity contribution in [2.75, 3.05) is 0 Å². The summed E-state index contributed by atoms with van der Waals surface area (Å²) in [7, 11) is 0. The van der Waals surface area contributed by atoms with Crippen LogP contribution in [0.2, 0.25) is 0 Å². The zero-order chi connectivity index (χ0) is 13.8. The second kappa shape index (κ2) is 6.43. The number of benzene rings is 1. The first-order valence-electron chi connectivity index (χ1n) is 8.19. The summed E-state index contributed by atoms with van der Waals surface area (Å²) in [6.45, 7) is 0. The Morgan fingerprint density at radius 3 is 2.25 bits per heavy atom. The lowest BCUT2D eigenvalue weighted by Gasteiger charge is -2.34. The Balaban J connectivity index is 1.58. The maximum Gasteiger partial charge on any atom is 0.223 e. The van der Waals surface area contributed by atoms with Crippen LogP contribution in [0.15, 0.2) is 30.3 Å². The van der Waals surface area contributed by atoms with Gasteiger partial charge in [0.1, 0.15) is 0 Å². The molecule has 1 aromatic carbocycles. The minimum Gasteiger partial charge on any atom is -0.337 e. The third-order valence-electron chi connectivity index (χ3n) is 4.67. The molecule has 0 bridgehead atoms. The smallest absolute Gasteiger partial charge is 0.223 e. The molecule has 0 saturated heterocycles. The Hall–Kier alpha value is -1.31. The third kappa shape index (κ3) is 3.41. The van der Waals surface area contributed by atoms with Gasteiger partial charge in [0.2, 0.25) is 5.91 Å². The molecule has 0 radical (unpaired) electrons. The van der Waals surface area contributed by atoms with Crippen LogP contribution >= 0.6 is 0 Å². The Labute approximate surface area is 122 Å². The molecule has 108 valence electrons. The predicted molar refractivity (Wildman–Crippen MR) is 81.5 cm³/mol. The van der Waals surface area contributed by atoms with Crippen LogP contribution in [0.5, 0.6) is 0 Å². The van der Waals surface area contributed by atoms with Crippen LogP contribution in [-0.4, -0.2) is 22.9 Å². The summed E-state index contributed by atoms with van der Waals surface area (Å²) in [4.78, 5) is 14.9. The molecule has 2 heteroatoms. The van der Waals surface area contributed by atoms with Crippen molar-refractivity contribution in [3.05, 3.63) is 35.9 Å². The highest BCUT2D eigenvalue weighted by Gasteiger charge is 2.37. The molecule has 2 aliphatic rings. The highest BCUT2D eigenvalue weighted by atomic mass is 16.2. The van der Waals surface area contributed by atoms with Gasteiger partial charge in [-0.15, -0.1) is 0 Å². The lowest BCUT2D eigenvalue weighted by molar-refractivity contribution is -0.134. The Morgan fingerprint density at radius 1 is 0.950 bits per heavy atom. The van der Waals surface area contributed by atoms with Crippen LogP contribution in [0.4, 0.5) is 0 Å². The first kappa shape index (κ1) is 13.7. The molecule has 1 aromatic rings. The standard InChI is InChI=1S/C18H25NO/c20-18(14-11-15-7-3-1-4-8-15)19(17-12-13-17)16-9-5-2-6-10-16/h1,3-4,7-8,16-17H,2,5-6,9-14H2. The van der Waals surface area contributed by atoms with E-state index in [-0.39, 0.29) is 0 Å². The van der Waals surface area contributed by atoms with Gasteiger partial charge in [-0.3, -0.25) is 4.79 Å². The molecule has 0 heterocycles. The number of nitrogens with zero attached hydrogens (tertiary/aromatic N) is 1. The van der Waals surface area contributed by atoms with Crippen LogP contribution in [0.3, 0.4) is 0 Å². The lowest BCUT2D eigenvalue weighted by atomic mass is 9.93. The van der Waals surface area contributed by atoms with Gasteiger partial charge in [-0.1, -0.05) is 49.6 Å². The van der Waals surface area contributed by atoms with Gasteiger partial charge in [0.25, 0.3) is 0 Å². The maximum absolute atomic E-state index is 12.6. The number of aryl methyl sites for hydroxylation is 1. The molecule has 3 rings (SSSR count). The number of hydrogen-bond acceptors (Lipinski definition) is 1. The van der Waals surface area contributed by atoms with Crippen LogP contribution in [0.25, 0.3) is 0 Å². The summed E-state index contributed by atoms with van der Waals surface area (Å²) in [5, 5.41) is 0. The Morgan fingerprint density at radius 2 is 1.60 bits per heavy atom. The average Bonchev–Trinajstić information content (AvgIpc) is 3.32. The molecule has 2 fully saturated rings. The second-order valence-electron chi connectivity index (χ2n) is 6.31. The Kier molecular flexibility index (Phi) is 4.39. The van der Waals surface area contributed by atoms with Crippen LogP contribution in [0, 0.1) is 0 Å². The number of hydrogen-bond donors (Lipinski definition) is 0. The van der Waals surface area contributed by atoms with Crippen LogP contribution in [-0.2, 0) is 11.2 Å². The summed E-state index contributed by atoms with van der Waals surface area (Å²) < 4.78 is 0. The molecule has 0 spiro atoms. The SMILES string of the molecule is O=C(CCc1ccccc1)N(C1CCCCC1)C1CC1. The fraction of sp³-hybridized carbons (Fsp3) is 0.611. The van der Waals surface area contributed by atoms with Gasteiger partial charge in [-0.2, -0.15) is 0 Å². The van der Waals surface area contributed by atoms with E-state index < -0.39 is 0 Å². The van der Waals surface area contributed by atoms with Gasteiger partial charge in [0.15, 0.2) is 0 Å². The quantitative estimate of drug-likeness (QED) is 0.794. The summed E-state index contributed by atoms with van der Waals surface area (Å²) in [6, 6.07) is 11.5. The molecule has 2 aliphatic carbocycles. The van der Waals surface area contributed by atoms with E-state index in [4.69, 9.17) is 0 Å². The normalized spacial score (nSPS) is 19.8. The number of rotatable bonds is 5. The third-order valence-corrected chi connectivity index (χ3v) is 4.67. The summed E-state index contributed by atoms with van der Waals surface area (Å²) >= 11 is 0. The van der Waals surface area contributed by atoms with E-state index in [2.05, 4.69) is 29.2 Å². The van der Waals surface area contributed by atoms with Crippen LogP contribution < -0.4 is 0 Å². The monoisotopic (exact) mass is 271 g/mol. The van der Waals surface area contributed by atoms with E-state index in [1.54, 1.807) is 0 Å². The molecule has 1 amide bonds. The lowest BCUT2D eigenvalue weighted by Crippen LogP contribution is -2.43. The van der Waals surface area contributed by atoms with Crippen molar-refractivity contribution in [2.45, 2.75) is 69.9 Å². The van der Waals surface area contributed by atoms with Crippen molar-refractivity contribution in [1.29, 1.82) is 0 Å². The van der Waals surface area contributed by atoms with Crippen molar-refractivity contribution in [1.82, 2.24) is 4.90 Å². The van der Waals surface area contributed by atoms with E-state index >= 15 is 0 Å². The van der Waals surface area contributed by atoms with Gasteiger partial charge in [0, 0.05) is 18.5 Å². The molecular weight excluding hydrogens is 246 g/mol. The van der Waals surface area contributed by atoms with Gasteiger partial charge < -0.3 is 4.90 Å². The van der Waals surface area contributed by atoms with Crippen molar-refractivity contribution < 1.29 is 4.79 Å². The summed E-state index contributed by atoms with van der Waals surface area (Å²) in [5.41, 5.74) is 1.28. The number of carbonyl (C=O) groups excluding carboxylic acids is 1. The van der Waals surface area contributed by atoms with Crippen LogP contribution in [0.1, 0.15) is 56.9 Å². The zero-order valence-corrected chi connectivity index (χ0v) is 12.3. The first-order valence-corrected chi connectivity index (χ1v) is 8.19. The molecule has 0 aliphatic heterocycles. The number of amides is 1. The molecule has 0 aromatic heterocycles. The molecule has 2 nitrogen and oxygen atoms in total. The molecule has 0 unspecified atom stereocenters. The summed E-state index contributed by atoms with van der Waals surface area (Å²) in [6.07, 6.45) is 10.4. The minimum atomic E-state index is 0.392. The van der Waals surface area contributed by atoms with Crippen molar-refractivity contribution >= 4 is 5.91 Å². The van der Waals surface area contributed by atoms with Gasteiger partial charge in [-0.25, -0.2) is 0 Å². The molecule has 20 heavy (non-hydrogen) atoms. The minimum absolute atomic E-state index is 0.392. The maximum atomic E-state index is 12.6. The average molecular weight is 271 g/mol. The highest BCUT2D eigenvalue weighted by molar-refractivity contribution is 5.77. The van der Waals surface area contributed by atoms with Gasteiger partial charge >= 0.3 is 0 Å². The van der Waals surface area contributed by atoms with E-state index in [1.807, 2.05) is 6.07 Å². The Bertz CT molecular complexity index is 432. The molecule has 0 N–H and O–H groups in total. The fourth-order valence-electron chi connectivity index (χ4n) is 3.44. The van der Waals surface area contributed by atoms with Crippen molar-refractivity contribution in [3.63, 3.8) is 0 Å². The zero-order valence-electron chi connectivity index (χ0n) is 12.3. The molecule has 2 saturated carbocycles. The predicted octanol–water partition coefficient (Wildman–Crippen LogP) is 3.94. The largest absolute Gasteiger partial charge is 0.337 e. The fourth-order valence-corrected chi connectivity index (χ4v) is 3.44. The topological polar surface area (TPSA) is 20.3 Å². The van der Waals surface area contributed by atoms with E-state index in [1.165, 1.54) is 50.5 Å². The number of carbonyl (C=O) groups is 1. The van der Waals surface area contributed by atoms with Gasteiger partial charge in [0.05, 0.1) is 0 Å². The van der Waals surface area contributed by atoms with E-state index in [9.17, 15) is 4.79 Å². The van der Waals surface area contributed by atoms with Crippen molar-refractivity contribution in [3.8, 4) is 0 Å². The summed E-state index contributed by atoms with van der Waals surface area (Å²) in [5.74, 6) is 0.392. The first-order chi connectivity index (χ1) is 9.84. The molecule has 0 atom stereocenters. The van der Waals surface area contributed by atoms with E-state index in [0.29, 0.717) is 24.4 Å². The van der Waals surface area contributed by atoms with Gasteiger partial charge in [-0.05, 0) is 37.7 Å².